The molecule has 1 N–H and O–H groups in total. The van der Waals surface area contributed by atoms with Crippen LogP contribution in [0, 0.1) is 5.41 Å². The van der Waals surface area contributed by atoms with E-state index in [-0.39, 0.29) is 23.3 Å². The second-order valence-electron chi connectivity index (χ2n) is 7.75. The lowest BCUT2D eigenvalue weighted by atomic mass is 9.60. The summed E-state index contributed by atoms with van der Waals surface area (Å²) in [5, 5.41) is 10.5. The van der Waals surface area contributed by atoms with Crippen molar-refractivity contribution in [2.24, 2.45) is 5.41 Å². The van der Waals surface area contributed by atoms with Gasteiger partial charge in [-0.25, -0.2) is 0 Å². The third-order valence-corrected chi connectivity index (χ3v) is 5.92. The van der Waals surface area contributed by atoms with E-state index in [0.29, 0.717) is 12.0 Å². The van der Waals surface area contributed by atoms with E-state index in [2.05, 4.69) is 15.5 Å². The number of hydrogen-bond donors (Lipinski definition) is 1. The van der Waals surface area contributed by atoms with Gasteiger partial charge in [-0.2, -0.15) is 10.2 Å². The lowest BCUT2D eigenvalue weighted by Crippen LogP contribution is -2.55. The number of nitrogens with zero attached hydrogens (tertiary/aromatic N) is 3. The molecule has 1 aromatic heterocycles. The van der Waals surface area contributed by atoms with Gasteiger partial charge in [0, 0.05) is 19.1 Å². The zero-order chi connectivity index (χ0) is 18.7. The molecule has 27 heavy (non-hydrogen) atoms. The number of hydrogen-bond acceptors (Lipinski definition) is 4. The highest BCUT2D eigenvalue weighted by Crippen LogP contribution is 2.49. The lowest BCUT2D eigenvalue weighted by Gasteiger charge is -2.52. The van der Waals surface area contributed by atoms with Gasteiger partial charge in [0.2, 0.25) is 5.91 Å². The van der Waals surface area contributed by atoms with E-state index < -0.39 is 0 Å². The number of carbonyl (C=O) groups excluding carboxylic acids is 2. The lowest BCUT2D eigenvalue weighted by molar-refractivity contribution is -0.134. The van der Waals surface area contributed by atoms with Crippen molar-refractivity contribution < 1.29 is 9.59 Å². The minimum absolute atomic E-state index is 0.0831. The minimum Gasteiger partial charge on any atom is -0.349 e. The highest BCUT2D eigenvalue weighted by atomic mass is 16.2. The molecule has 0 atom stereocenters. The maximum atomic E-state index is 12.5. The van der Waals surface area contributed by atoms with Crippen LogP contribution in [0.25, 0.3) is 0 Å². The van der Waals surface area contributed by atoms with Gasteiger partial charge in [-0.3, -0.25) is 9.59 Å². The van der Waals surface area contributed by atoms with Crippen LogP contribution in [0.1, 0.15) is 41.6 Å². The maximum Gasteiger partial charge on any atom is 0.253 e. The number of piperidine rings is 1. The Balaban J connectivity index is 1.23. The van der Waals surface area contributed by atoms with Gasteiger partial charge in [0.25, 0.3) is 5.91 Å². The van der Waals surface area contributed by atoms with Crippen LogP contribution in [0.2, 0.25) is 0 Å². The molecule has 1 saturated carbocycles. The number of amides is 2. The molecule has 6 heteroatoms. The predicted molar refractivity (Wildman–Crippen MR) is 101 cm³/mol. The minimum atomic E-state index is -0.0831. The van der Waals surface area contributed by atoms with E-state index in [1.807, 2.05) is 35.2 Å². The molecule has 1 aliphatic carbocycles. The Morgan fingerprint density at radius 3 is 2.48 bits per heavy atom. The average molecular weight is 364 g/mol. The third kappa shape index (κ3) is 3.99. The second-order valence-corrected chi connectivity index (χ2v) is 7.75. The van der Waals surface area contributed by atoms with Crippen LogP contribution in [0.5, 0.6) is 0 Å². The first kappa shape index (κ1) is 17.6. The van der Waals surface area contributed by atoms with Crippen molar-refractivity contribution in [1.29, 1.82) is 0 Å². The van der Waals surface area contributed by atoms with Crippen LogP contribution >= 0.6 is 0 Å². The average Bonchev–Trinajstić information content (AvgIpc) is 2.68. The van der Waals surface area contributed by atoms with E-state index in [4.69, 9.17) is 0 Å². The number of rotatable bonds is 4. The Morgan fingerprint density at radius 1 is 1.07 bits per heavy atom. The zero-order valence-electron chi connectivity index (χ0n) is 15.3. The van der Waals surface area contributed by atoms with Crippen LogP contribution in [-0.2, 0) is 11.2 Å². The molecule has 0 radical (unpaired) electrons. The second kappa shape index (κ2) is 7.47. The van der Waals surface area contributed by atoms with Crippen LogP contribution in [-0.4, -0.2) is 46.0 Å². The molecule has 2 aromatic rings. The molecule has 0 unspecified atom stereocenters. The molecule has 4 rings (SSSR count). The molecule has 2 amide bonds. The van der Waals surface area contributed by atoms with Gasteiger partial charge in [0.15, 0.2) is 0 Å². The Bertz CT molecular complexity index is 793. The van der Waals surface area contributed by atoms with Crippen molar-refractivity contribution in [2.45, 2.75) is 38.1 Å². The monoisotopic (exact) mass is 364 g/mol. The Labute approximate surface area is 159 Å². The number of carbonyl (C=O) groups is 2. The smallest absolute Gasteiger partial charge is 0.253 e. The van der Waals surface area contributed by atoms with E-state index >= 15 is 0 Å². The molecule has 140 valence electrons. The van der Waals surface area contributed by atoms with Crippen LogP contribution in [0.4, 0.5) is 0 Å². The number of benzene rings is 1. The normalized spacial score (nSPS) is 18.7. The van der Waals surface area contributed by atoms with Crippen molar-refractivity contribution >= 4 is 11.8 Å². The molecule has 1 aliphatic heterocycles. The van der Waals surface area contributed by atoms with Gasteiger partial charge in [0.1, 0.15) is 0 Å². The summed E-state index contributed by atoms with van der Waals surface area (Å²) < 4.78 is 0. The molecule has 6 nitrogen and oxygen atoms in total. The van der Waals surface area contributed by atoms with Gasteiger partial charge in [0.05, 0.1) is 24.4 Å². The van der Waals surface area contributed by atoms with E-state index in [0.717, 1.165) is 44.3 Å². The molecule has 2 heterocycles. The summed E-state index contributed by atoms with van der Waals surface area (Å²) in [7, 11) is 0. The molecule has 2 aliphatic rings. The highest BCUT2D eigenvalue weighted by molar-refractivity contribution is 5.94. The predicted octanol–water partition coefficient (Wildman–Crippen LogP) is 2.22. The molecule has 1 saturated heterocycles. The largest absolute Gasteiger partial charge is 0.349 e. The van der Waals surface area contributed by atoms with Crippen molar-refractivity contribution in [1.82, 2.24) is 20.4 Å². The fraction of sp³-hybridized carbons (Fsp3) is 0.429. The van der Waals surface area contributed by atoms with Gasteiger partial charge < -0.3 is 10.2 Å². The van der Waals surface area contributed by atoms with E-state index in [9.17, 15) is 9.59 Å². The number of aromatic nitrogens is 2. The summed E-state index contributed by atoms with van der Waals surface area (Å²) >= 11 is 0. The molecular formula is C21H24N4O2. The third-order valence-electron chi connectivity index (χ3n) is 5.92. The molecule has 2 fully saturated rings. The van der Waals surface area contributed by atoms with E-state index in [1.165, 1.54) is 12.4 Å². The van der Waals surface area contributed by atoms with Gasteiger partial charge in [-0.05, 0) is 42.7 Å². The summed E-state index contributed by atoms with van der Waals surface area (Å²) in [4.78, 5) is 26.7. The highest BCUT2D eigenvalue weighted by Gasteiger charge is 2.46. The summed E-state index contributed by atoms with van der Waals surface area (Å²) in [6.07, 6.45) is 7.54. The summed E-state index contributed by atoms with van der Waals surface area (Å²) in [5.41, 5.74) is 1.91. The Kier molecular flexibility index (Phi) is 4.88. The van der Waals surface area contributed by atoms with Gasteiger partial charge in [-0.1, -0.05) is 30.3 Å². The van der Waals surface area contributed by atoms with Gasteiger partial charge >= 0.3 is 0 Å². The van der Waals surface area contributed by atoms with Crippen LogP contribution < -0.4 is 5.32 Å². The summed E-state index contributed by atoms with van der Waals surface area (Å²) in [6, 6.07) is 11.8. The molecule has 0 bridgehead atoms. The van der Waals surface area contributed by atoms with Crippen molar-refractivity contribution in [3.63, 3.8) is 0 Å². The molecule has 1 spiro atoms. The van der Waals surface area contributed by atoms with E-state index in [1.54, 1.807) is 6.07 Å². The Hall–Kier alpha value is -2.76. The Morgan fingerprint density at radius 2 is 1.81 bits per heavy atom. The SMILES string of the molecule is O=C(NC1CC2(CCN(C(=O)Cc3ccccc3)CC2)C1)c1ccnnc1. The zero-order valence-corrected chi connectivity index (χ0v) is 15.3. The number of likely N-dealkylation sites (tertiary alicyclic amines) is 1. The maximum absolute atomic E-state index is 12.5. The van der Waals surface area contributed by atoms with Gasteiger partial charge in [-0.15, -0.1) is 0 Å². The van der Waals surface area contributed by atoms with Crippen molar-refractivity contribution in [3.8, 4) is 0 Å². The fourth-order valence-corrected chi connectivity index (χ4v) is 4.30. The quantitative estimate of drug-likeness (QED) is 0.903. The first-order chi connectivity index (χ1) is 13.1. The first-order valence-electron chi connectivity index (χ1n) is 9.53. The van der Waals surface area contributed by atoms with Crippen LogP contribution in [0.15, 0.2) is 48.8 Å². The van der Waals surface area contributed by atoms with Crippen molar-refractivity contribution in [2.75, 3.05) is 13.1 Å². The van der Waals surface area contributed by atoms with Crippen molar-refractivity contribution in [3.05, 3.63) is 59.9 Å². The first-order valence-corrected chi connectivity index (χ1v) is 9.53. The summed E-state index contributed by atoms with van der Waals surface area (Å²) in [5.74, 6) is 0.130. The molecular weight excluding hydrogens is 340 g/mol. The standard InChI is InChI=1S/C21H24N4O2/c26-19(12-16-4-2-1-3-5-16)25-10-7-21(8-11-25)13-18(14-21)24-20(27)17-6-9-22-23-15-17/h1-6,9,15,18H,7-8,10-14H2,(H,24,27). The van der Waals surface area contributed by atoms with Crippen LogP contribution in [0.3, 0.4) is 0 Å². The summed E-state index contributed by atoms with van der Waals surface area (Å²) in [6.45, 7) is 1.64. The topological polar surface area (TPSA) is 75.2 Å². The fourth-order valence-electron chi connectivity index (χ4n) is 4.30. The molecule has 1 aromatic carbocycles. The number of nitrogens with one attached hydrogen (secondary N) is 1.